The SMILES string of the molecule is Cc1ccc(NSc2cnc(CCS(C)=O)s2)c2[nH]cc(C#N)c12. The van der Waals surface area contributed by atoms with E-state index in [4.69, 9.17) is 0 Å². The molecule has 0 bridgehead atoms. The Bertz CT molecular complexity index is 939. The monoisotopic (exact) mass is 376 g/mol. The van der Waals surface area contributed by atoms with Crippen molar-refractivity contribution in [1.29, 1.82) is 5.26 Å². The molecular weight excluding hydrogens is 360 g/mol. The van der Waals surface area contributed by atoms with Crippen molar-refractivity contribution in [3.63, 3.8) is 0 Å². The molecule has 1 aromatic carbocycles. The van der Waals surface area contributed by atoms with Crippen LogP contribution in [0.2, 0.25) is 0 Å². The Morgan fingerprint density at radius 2 is 2.33 bits per heavy atom. The van der Waals surface area contributed by atoms with Crippen LogP contribution in [0.15, 0.2) is 28.7 Å². The molecule has 0 radical (unpaired) electrons. The number of thiazole rings is 1. The van der Waals surface area contributed by atoms with Gasteiger partial charge < -0.3 is 9.71 Å². The van der Waals surface area contributed by atoms with Crippen LogP contribution < -0.4 is 4.72 Å². The highest BCUT2D eigenvalue weighted by Gasteiger charge is 2.11. The third-order valence-corrected chi connectivity index (χ3v) is 6.32. The van der Waals surface area contributed by atoms with Crippen LogP contribution in [0, 0.1) is 18.3 Å². The molecule has 5 nitrogen and oxygen atoms in total. The van der Waals surface area contributed by atoms with Crippen LogP contribution in [0.5, 0.6) is 0 Å². The van der Waals surface area contributed by atoms with Crippen LogP contribution in [0.1, 0.15) is 16.1 Å². The van der Waals surface area contributed by atoms with E-state index in [0.717, 1.165) is 37.8 Å². The highest BCUT2D eigenvalue weighted by atomic mass is 32.2. The molecule has 0 amide bonds. The molecule has 124 valence electrons. The highest BCUT2D eigenvalue weighted by Crippen LogP contribution is 2.32. The molecule has 0 aliphatic heterocycles. The molecule has 0 saturated heterocycles. The molecular formula is C16H16N4OS3. The molecule has 1 atom stereocenters. The zero-order valence-electron chi connectivity index (χ0n) is 13.3. The van der Waals surface area contributed by atoms with Crippen LogP contribution >= 0.6 is 23.3 Å². The number of fused-ring (bicyclic) bond motifs is 1. The summed E-state index contributed by atoms with van der Waals surface area (Å²) in [6.07, 6.45) is 6.02. The fourth-order valence-corrected chi connectivity index (χ4v) is 4.71. The first-order chi connectivity index (χ1) is 11.6. The standard InChI is InChI=1S/C16H16N4OS3/c1-10-3-4-12(16-15(10)11(7-17)8-19-16)20-23-14-9-18-13(22-14)5-6-24(2)21/h3-4,8-9,19-20H,5-6H2,1-2H3. The van der Waals surface area contributed by atoms with E-state index in [1.807, 2.05) is 25.3 Å². The highest BCUT2D eigenvalue weighted by molar-refractivity contribution is 8.02. The van der Waals surface area contributed by atoms with E-state index in [0.29, 0.717) is 11.3 Å². The van der Waals surface area contributed by atoms with Gasteiger partial charge in [-0.2, -0.15) is 5.26 Å². The van der Waals surface area contributed by atoms with Gasteiger partial charge in [0.1, 0.15) is 10.3 Å². The van der Waals surface area contributed by atoms with Gasteiger partial charge in [0.15, 0.2) is 0 Å². The number of rotatable bonds is 6. The number of aryl methyl sites for hydroxylation is 2. The number of anilines is 1. The van der Waals surface area contributed by atoms with Crippen LogP contribution in [-0.4, -0.2) is 26.2 Å². The topological polar surface area (TPSA) is 81.6 Å². The summed E-state index contributed by atoms with van der Waals surface area (Å²) >= 11 is 3.10. The fraction of sp³-hybridized carbons (Fsp3) is 0.250. The van der Waals surface area contributed by atoms with Gasteiger partial charge in [-0.05, 0) is 30.5 Å². The third kappa shape index (κ3) is 3.64. The Morgan fingerprint density at radius 1 is 1.50 bits per heavy atom. The van der Waals surface area contributed by atoms with Crippen molar-refractivity contribution in [2.75, 3.05) is 16.7 Å². The van der Waals surface area contributed by atoms with Crippen molar-refractivity contribution in [3.8, 4) is 6.07 Å². The quantitative estimate of drug-likeness (QED) is 0.639. The number of hydrogen-bond acceptors (Lipinski definition) is 6. The van der Waals surface area contributed by atoms with Crippen molar-refractivity contribution < 1.29 is 4.21 Å². The van der Waals surface area contributed by atoms with Crippen molar-refractivity contribution in [3.05, 3.63) is 40.7 Å². The number of nitriles is 1. The summed E-state index contributed by atoms with van der Waals surface area (Å²) in [4.78, 5) is 7.55. The predicted octanol–water partition coefficient (Wildman–Crippen LogP) is 3.84. The van der Waals surface area contributed by atoms with Crippen LogP contribution in [0.3, 0.4) is 0 Å². The number of nitrogens with one attached hydrogen (secondary N) is 2. The summed E-state index contributed by atoms with van der Waals surface area (Å²) in [5.74, 6) is 0.642. The van der Waals surface area contributed by atoms with E-state index in [9.17, 15) is 9.47 Å². The second kappa shape index (κ2) is 7.38. The Morgan fingerprint density at radius 3 is 3.08 bits per heavy atom. The first kappa shape index (κ1) is 17.0. The summed E-state index contributed by atoms with van der Waals surface area (Å²) in [7, 11) is -0.793. The molecule has 1 unspecified atom stereocenters. The zero-order chi connectivity index (χ0) is 17.1. The van der Waals surface area contributed by atoms with Crippen molar-refractivity contribution >= 4 is 50.7 Å². The molecule has 2 heterocycles. The second-order valence-electron chi connectivity index (χ2n) is 5.30. The summed E-state index contributed by atoms with van der Waals surface area (Å²) < 4.78 is 15.5. The zero-order valence-corrected chi connectivity index (χ0v) is 15.7. The average molecular weight is 377 g/mol. The number of aromatic amines is 1. The average Bonchev–Trinajstić information content (AvgIpc) is 3.19. The first-order valence-electron chi connectivity index (χ1n) is 7.27. The van der Waals surface area contributed by atoms with Gasteiger partial charge >= 0.3 is 0 Å². The smallest absolute Gasteiger partial charge is 0.101 e. The van der Waals surface area contributed by atoms with Crippen LogP contribution in [-0.2, 0) is 17.2 Å². The van der Waals surface area contributed by atoms with Gasteiger partial charge in [-0.25, -0.2) is 4.98 Å². The van der Waals surface area contributed by atoms with Gasteiger partial charge in [-0.1, -0.05) is 6.07 Å². The lowest BCUT2D eigenvalue weighted by Crippen LogP contribution is -1.97. The molecule has 2 aromatic heterocycles. The normalized spacial score (nSPS) is 12.2. The maximum absolute atomic E-state index is 11.2. The van der Waals surface area contributed by atoms with Gasteiger partial charge in [-0.15, -0.1) is 11.3 Å². The van der Waals surface area contributed by atoms with E-state index in [1.165, 1.54) is 11.9 Å². The minimum atomic E-state index is -0.793. The number of H-pyrrole nitrogens is 1. The van der Waals surface area contributed by atoms with E-state index in [1.54, 1.807) is 23.8 Å². The summed E-state index contributed by atoms with van der Waals surface area (Å²) in [6.45, 7) is 2.00. The van der Waals surface area contributed by atoms with E-state index >= 15 is 0 Å². The molecule has 3 rings (SSSR count). The first-order valence-corrected chi connectivity index (χ1v) is 10.6. The summed E-state index contributed by atoms with van der Waals surface area (Å²) in [5.41, 5.74) is 3.60. The maximum atomic E-state index is 11.2. The second-order valence-corrected chi connectivity index (χ2v) is 9.07. The molecule has 8 heteroatoms. The lowest BCUT2D eigenvalue weighted by Gasteiger charge is -2.07. The maximum Gasteiger partial charge on any atom is 0.101 e. The minimum Gasteiger partial charge on any atom is -0.358 e. The number of aromatic nitrogens is 2. The van der Waals surface area contributed by atoms with E-state index in [-0.39, 0.29) is 0 Å². The number of hydrogen-bond donors (Lipinski definition) is 2. The molecule has 3 aromatic rings. The third-order valence-electron chi connectivity index (χ3n) is 3.56. The predicted molar refractivity (Wildman–Crippen MR) is 102 cm³/mol. The van der Waals surface area contributed by atoms with Crippen LogP contribution in [0.25, 0.3) is 10.9 Å². The van der Waals surface area contributed by atoms with Gasteiger partial charge in [-0.3, -0.25) is 4.21 Å². The van der Waals surface area contributed by atoms with Crippen molar-refractivity contribution in [2.45, 2.75) is 17.6 Å². The van der Waals surface area contributed by atoms with Gasteiger partial charge in [0.2, 0.25) is 0 Å². The fourth-order valence-electron chi connectivity index (χ4n) is 2.39. The lowest BCUT2D eigenvalue weighted by molar-refractivity contribution is 0.686. The van der Waals surface area contributed by atoms with Gasteiger partial charge in [0, 0.05) is 40.8 Å². The van der Waals surface area contributed by atoms with Crippen molar-refractivity contribution in [2.24, 2.45) is 0 Å². The van der Waals surface area contributed by atoms with Gasteiger partial charge in [0.25, 0.3) is 0 Å². The molecule has 0 aliphatic rings. The van der Waals surface area contributed by atoms with Gasteiger partial charge in [0.05, 0.1) is 28.0 Å². The summed E-state index contributed by atoms with van der Waals surface area (Å²) in [6, 6.07) is 6.23. The summed E-state index contributed by atoms with van der Waals surface area (Å²) in [5, 5.41) is 11.2. The Labute approximate surface area is 151 Å². The molecule has 0 spiro atoms. The molecule has 24 heavy (non-hydrogen) atoms. The Balaban J connectivity index is 1.75. The van der Waals surface area contributed by atoms with E-state index in [2.05, 4.69) is 20.8 Å². The van der Waals surface area contributed by atoms with Crippen LogP contribution in [0.4, 0.5) is 5.69 Å². The minimum absolute atomic E-state index is 0.642. The van der Waals surface area contributed by atoms with Crippen molar-refractivity contribution in [1.82, 2.24) is 9.97 Å². The Hall–Kier alpha value is -1.82. The number of nitrogens with zero attached hydrogens (tertiary/aromatic N) is 2. The molecule has 0 fully saturated rings. The molecule has 2 N–H and O–H groups in total. The molecule has 0 aliphatic carbocycles. The lowest BCUT2D eigenvalue weighted by atomic mass is 10.1. The van der Waals surface area contributed by atoms with E-state index < -0.39 is 10.8 Å². The largest absolute Gasteiger partial charge is 0.358 e. The Kier molecular flexibility index (Phi) is 5.23. The number of benzene rings is 1. The molecule has 0 saturated carbocycles.